The molecule has 0 atom stereocenters. The molecule has 1 saturated carbocycles. The van der Waals surface area contributed by atoms with Crippen molar-refractivity contribution in [3.05, 3.63) is 18.0 Å². The Morgan fingerprint density at radius 1 is 1.32 bits per heavy atom. The molecular formula is C15H28N4. The van der Waals surface area contributed by atoms with Crippen molar-refractivity contribution in [3.8, 4) is 0 Å². The van der Waals surface area contributed by atoms with Gasteiger partial charge in [0, 0.05) is 44.0 Å². The first-order valence-electron chi connectivity index (χ1n) is 7.67. The maximum Gasteiger partial charge on any atom is 0.0492 e. The highest BCUT2D eigenvalue weighted by Crippen LogP contribution is 2.22. The molecule has 0 unspecified atom stereocenters. The minimum Gasteiger partial charge on any atom is -0.328 e. The fourth-order valence-electron chi connectivity index (χ4n) is 3.14. The van der Waals surface area contributed by atoms with E-state index in [2.05, 4.69) is 23.0 Å². The molecule has 1 heterocycles. The molecule has 1 aromatic rings. The van der Waals surface area contributed by atoms with Crippen LogP contribution < -0.4 is 5.73 Å². The molecule has 0 aliphatic heterocycles. The van der Waals surface area contributed by atoms with Gasteiger partial charge in [-0.15, -0.1) is 0 Å². The van der Waals surface area contributed by atoms with Crippen molar-refractivity contribution in [1.29, 1.82) is 0 Å². The van der Waals surface area contributed by atoms with Crippen LogP contribution >= 0.6 is 0 Å². The van der Waals surface area contributed by atoms with Crippen LogP contribution in [-0.2, 0) is 13.5 Å². The molecule has 0 saturated heterocycles. The van der Waals surface area contributed by atoms with Crippen molar-refractivity contribution in [1.82, 2.24) is 14.7 Å². The van der Waals surface area contributed by atoms with E-state index >= 15 is 0 Å². The monoisotopic (exact) mass is 264 g/mol. The molecule has 2 rings (SSSR count). The molecule has 0 amide bonds. The standard InChI is InChI=1S/C15H28N4/c1-3-11-19(15-6-4-13(16)5-7-15)12-9-14-8-10-17-18(14)2/h8,10,13,15H,3-7,9,11-12,16H2,1-2H3. The summed E-state index contributed by atoms with van der Waals surface area (Å²) in [7, 11) is 2.03. The Morgan fingerprint density at radius 2 is 2.05 bits per heavy atom. The molecule has 108 valence electrons. The van der Waals surface area contributed by atoms with Gasteiger partial charge in [-0.1, -0.05) is 6.92 Å². The molecule has 0 spiro atoms. The Hall–Kier alpha value is -0.870. The fraction of sp³-hybridized carbons (Fsp3) is 0.800. The van der Waals surface area contributed by atoms with E-state index in [-0.39, 0.29) is 0 Å². The van der Waals surface area contributed by atoms with Crippen LogP contribution in [0.2, 0.25) is 0 Å². The Kier molecular flexibility index (Phi) is 5.40. The second kappa shape index (κ2) is 7.06. The van der Waals surface area contributed by atoms with Gasteiger partial charge in [0.1, 0.15) is 0 Å². The SMILES string of the molecule is CCCN(CCc1ccnn1C)C1CCC(N)CC1. The minimum absolute atomic E-state index is 0.441. The van der Waals surface area contributed by atoms with Crippen LogP contribution in [0.15, 0.2) is 12.3 Å². The zero-order valence-electron chi connectivity index (χ0n) is 12.4. The first-order chi connectivity index (χ1) is 9.20. The number of nitrogens with two attached hydrogens (primary N) is 1. The van der Waals surface area contributed by atoms with Crippen molar-refractivity contribution in [3.63, 3.8) is 0 Å². The van der Waals surface area contributed by atoms with Crippen LogP contribution in [-0.4, -0.2) is 39.9 Å². The van der Waals surface area contributed by atoms with E-state index in [9.17, 15) is 0 Å². The van der Waals surface area contributed by atoms with E-state index < -0.39 is 0 Å². The normalized spacial score (nSPS) is 24.0. The number of aryl methyl sites for hydroxylation is 1. The fourth-order valence-corrected chi connectivity index (χ4v) is 3.14. The largest absolute Gasteiger partial charge is 0.328 e. The van der Waals surface area contributed by atoms with E-state index in [0.29, 0.717) is 6.04 Å². The van der Waals surface area contributed by atoms with Gasteiger partial charge in [0.25, 0.3) is 0 Å². The summed E-state index contributed by atoms with van der Waals surface area (Å²) in [5.74, 6) is 0. The van der Waals surface area contributed by atoms with E-state index in [1.807, 2.05) is 17.9 Å². The molecule has 1 fully saturated rings. The van der Waals surface area contributed by atoms with E-state index in [1.54, 1.807) is 0 Å². The molecule has 2 N–H and O–H groups in total. The van der Waals surface area contributed by atoms with Gasteiger partial charge in [-0.2, -0.15) is 5.10 Å². The van der Waals surface area contributed by atoms with Gasteiger partial charge in [0.15, 0.2) is 0 Å². The Balaban J connectivity index is 1.87. The van der Waals surface area contributed by atoms with Gasteiger partial charge < -0.3 is 10.6 Å². The number of nitrogens with zero attached hydrogens (tertiary/aromatic N) is 3. The molecule has 1 aliphatic rings. The van der Waals surface area contributed by atoms with Gasteiger partial charge in [0.05, 0.1) is 0 Å². The zero-order valence-corrected chi connectivity index (χ0v) is 12.4. The molecule has 4 heteroatoms. The van der Waals surface area contributed by atoms with Crippen molar-refractivity contribution < 1.29 is 0 Å². The molecule has 19 heavy (non-hydrogen) atoms. The smallest absolute Gasteiger partial charge is 0.0492 e. The highest BCUT2D eigenvalue weighted by Gasteiger charge is 2.23. The number of aromatic nitrogens is 2. The minimum atomic E-state index is 0.441. The van der Waals surface area contributed by atoms with E-state index in [0.717, 1.165) is 19.0 Å². The lowest BCUT2D eigenvalue weighted by Gasteiger charge is -2.36. The van der Waals surface area contributed by atoms with E-state index in [1.165, 1.54) is 44.3 Å². The van der Waals surface area contributed by atoms with Gasteiger partial charge in [-0.05, 0) is 44.7 Å². The quantitative estimate of drug-likeness (QED) is 0.854. The Morgan fingerprint density at radius 3 is 2.63 bits per heavy atom. The third kappa shape index (κ3) is 4.05. The lowest BCUT2D eigenvalue weighted by molar-refractivity contribution is 0.150. The van der Waals surface area contributed by atoms with Gasteiger partial charge in [-0.3, -0.25) is 4.68 Å². The Bertz CT molecular complexity index is 366. The van der Waals surface area contributed by atoms with Crippen molar-refractivity contribution >= 4 is 0 Å². The number of rotatable bonds is 6. The second-order valence-electron chi connectivity index (χ2n) is 5.80. The third-order valence-corrected chi connectivity index (χ3v) is 4.35. The molecule has 0 radical (unpaired) electrons. The maximum absolute atomic E-state index is 6.01. The average molecular weight is 264 g/mol. The summed E-state index contributed by atoms with van der Waals surface area (Å²) >= 11 is 0. The van der Waals surface area contributed by atoms with Crippen LogP contribution in [0.1, 0.15) is 44.7 Å². The highest BCUT2D eigenvalue weighted by molar-refractivity contribution is 5.00. The summed E-state index contributed by atoms with van der Waals surface area (Å²) in [6.07, 6.45) is 9.14. The second-order valence-corrected chi connectivity index (χ2v) is 5.80. The zero-order chi connectivity index (χ0) is 13.7. The van der Waals surface area contributed by atoms with Crippen LogP contribution in [0.4, 0.5) is 0 Å². The summed E-state index contributed by atoms with van der Waals surface area (Å²) in [6, 6.07) is 3.31. The molecule has 4 nitrogen and oxygen atoms in total. The van der Waals surface area contributed by atoms with Crippen LogP contribution in [0.3, 0.4) is 0 Å². The van der Waals surface area contributed by atoms with Crippen molar-refractivity contribution in [2.75, 3.05) is 13.1 Å². The van der Waals surface area contributed by atoms with Gasteiger partial charge in [0.2, 0.25) is 0 Å². The molecule has 1 aliphatic carbocycles. The first kappa shape index (κ1) is 14.5. The highest BCUT2D eigenvalue weighted by atomic mass is 15.3. The molecule has 1 aromatic heterocycles. The predicted molar refractivity (Wildman–Crippen MR) is 79.0 cm³/mol. The topological polar surface area (TPSA) is 47.1 Å². The first-order valence-corrected chi connectivity index (χ1v) is 7.67. The van der Waals surface area contributed by atoms with Crippen molar-refractivity contribution in [2.45, 2.75) is 57.5 Å². The summed E-state index contributed by atoms with van der Waals surface area (Å²) in [6.45, 7) is 4.62. The summed E-state index contributed by atoms with van der Waals surface area (Å²) in [5.41, 5.74) is 7.34. The van der Waals surface area contributed by atoms with Crippen LogP contribution in [0.5, 0.6) is 0 Å². The number of hydrogen-bond acceptors (Lipinski definition) is 3. The van der Waals surface area contributed by atoms with Crippen molar-refractivity contribution in [2.24, 2.45) is 12.8 Å². The lowest BCUT2D eigenvalue weighted by atomic mass is 9.90. The van der Waals surface area contributed by atoms with E-state index in [4.69, 9.17) is 5.73 Å². The predicted octanol–water partition coefficient (Wildman–Crippen LogP) is 1.94. The average Bonchev–Trinajstić information content (AvgIpc) is 2.81. The van der Waals surface area contributed by atoms with Crippen LogP contribution in [0, 0.1) is 0 Å². The Labute approximate surface area is 117 Å². The molecular weight excluding hydrogens is 236 g/mol. The summed E-state index contributed by atoms with van der Waals surface area (Å²) in [5, 5.41) is 4.24. The molecule has 0 bridgehead atoms. The summed E-state index contributed by atoms with van der Waals surface area (Å²) < 4.78 is 1.99. The van der Waals surface area contributed by atoms with Gasteiger partial charge in [-0.25, -0.2) is 0 Å². The van der Waals surface area contributed by atoms with Crippen LogP contribution in [0.25, 0.3) is 0 Å². The maximum atomic E-state index is 6.01. The lowest BCUT2D eigenvalue weighted by Crippen LogP contribution is -2.42. The van der Waals surface area contributed by atoms with Gasteiger partial charge >= 0.3 is 0 Å². The number of hydrogen-bond donors (Lipinski definition) is 1. The third-order valence-electron chi connectivity index (χ3n) is 4.35. The molecule has 0 aromatic carbocycles. The summed E-state index contributed by atoms with van der Waals surface area (Å²) in [4.78, 5) is 2.67.